The smallest absolute Gasteiger partial charge is 0.355 e. The molecule has 0 aliphatic heterocycles. The Hall–Kier alpha value is 87.7. The molecule has 5 aromatic rings. The van der Waals surface area contributed by atoms with Crippen molar-refractivity contribution in [3.05, 3.63) is 178 Å². The molecule has 5 rings (SSSR count). The van der Waals surface area contributed by atoms with Crippen LogP contribution in [0.2, 0.25) is 0 Å². The average Bonchev–Trinajstić information content (AvgIpc) is 3.06. The van der Waals surface area contributed by atoms with Gasteiger partial charge in [-0.25, -0.2) is 0 Å². The number of rotatable bonds is 8. The molecule has 0 aliphatic rings. The molecule has 0 unspecified atom stereocenters. The third kappa shape index (κ3) is 415. The zero-order valence-corrected chi connectivity index (χ0v) is 311. The van der Waals surface area contributed by atoms with E-state index in [1.807, 2.05) is 85.7 Å². The molecule has 0 saturated carbocycles. The maximum Gasteiger partial charge on any atom is 3.00 e. The van der Waals surface area contributed by atoms with Gasteiger partial charge in [0, 0.05) is 2650 Å². The van der Waals surface area contributed by atoms with Gasteiger partial charge in [0.2, 0.25) is 0 Å². The Morgan fingerprint density at radius 1 is 0.136 bits per heavy atom. The van der Waals surface area contributed by atoms with Gasteiger partial charge in [0.25, 0.3) is 0 Å². The van der Waals surface area contributed by atoms with Gasteiger partial charge in [-0.1, -0.05) is 68.2 Å². The first-order chi connectivity index (χ1) is 20.8. The van der Waals surface area contributed by atoms with Crippen molar-refractivity contribution in [2.75, 3.05) is 0 Å². The summed E-state index contributed by atoms with van der Waals surface area (Å²) in [6.45, 7) is 16.0. The fraction of sp³-hybridized carbons (Fsp3) is 0.286. The summed E-state index contributed by atoms with van der Waals surface area (Å²) >= 11 is 0. The van der Waals surface area contributed by atoms with Crippen LogP contribution in [0.25, 0.3) is 0 Å². The third-order valence-corrected chi connectivity index (χ3v) is 5.77. The van der Waals surface area contributed by atoms with E-state index in [1.54, 1.807) is 0 Å². The average molecular weight is 7930 g/mol. The standard InChI is InChI=1S/C34H24.4C2H6.83Y/c1-3-10-27(11-4-1)20-29-14-7-16-31(22-29)24-33-18-9-19-34(26-33)25-32-17-8-15-30(23-32)21-28-12-5-2-6-13-28;4*1-2;;;;;;;;;;;;;;;;;;;;;;;;;;;;;;;;;;;;;;;;;;;;;;;;;;;;;;;;;;;;;;;;;;;;;;;;;;;;;;;;;;;/h1-10,12,14-17,26H,20-21,24-25H2;4*1-2H3;;;;;;;;;;;;;;;;;;;;;;;;;;;;;;;;;;;;;;;;;;;;;;;;;;;;;;;;;;;;;;;;;;;;;;;;;;;;;;;;;;;/q-6;;;;;;;;;;;;;;;;;;;;;;;;;;;;;;;;;;;;;;;;;;;;;;;;;;;;;;;;;;;;;;;;;;;;;;;;;;;;;;;;;;;;;;2*+3. The van der Waals surface area contributed by atoms with Crippen LogP contribution in [0.5, 0.6) is 0 Å². The first-order valence-corrected chi connectivity index (χ1v) is 15.6. The van der Waals surface area contributed by atoms with Crippen molar-refractivity contribution >= 4 is 0 Å². The minimum atomic E-state index is 0. The number of hydrogen-bond donors (Lipinski definition) is 0. The largest absolute Gasteiger partial charge is 3.00 e. The second kappa shape index (κ2) is 496. The molecule has 0 spiro atoms. The number of benzene rings is 5. The molecule has 0 aliphatic carbocycles. The molecule has 81 radical (unpaired) electrons. The van der Waals surface area contributed by atoms with Crippen LogP contribution in [-0.2, 0) is 2740 Å². The molecule has 0 saturated heterocycles. The Morgan fingerprint density at radius 2 is 0.248 bits per heavy atom. The van der Waals surface area contributed by atoms with E-state index < -0.39 is 0 Å². The molecule has 125 heavy (non-hydrogen) atoms. The third-order valence-electron chi connectivity index (χ3n) is 5.77. The maximum atomic E-state index is 3.58. The monoisotopic (exact) mass is 7930 g/mol. The molecule has 0 fully saturated rings. The molecular formula is C42H48Y83. The SMILES string of the molecule is CC.CC.CC.CC.[Y+3].[Y+3].[Y].[Y].[Y].[Y].[Y].[Y].[Y].[Y].[Y].[Y].[Y].[Y].[Y].[Y].[Y].[Y].[Y].[Y].[Y].[Y].[Y].[Y].[Y].[Y].[Y].[Y].[Y].[Y].[Y].[Y].[Y].[Y].[Y].[Y].[Y].[Y].[Y].[Y].[Y].[Y].[Y].[Y].[Y].[Y].[Y].[Y].[Y].[Y].[Y].[Y].[Y].[Y].[Y].[Y].[Y].[Y].[Y].[Y].[Y].[Y].[Y].[Y].[Y].[Y].[Y].[Y].[Y].[Y].[Y].[Y].[Y].[Y].[Y].[Y].[Y].[Y].[Y].[Y].[Y].[Y].[Y].[c-]1ccccc1Cc1[c-]c(Cc2[c-]c[c-]c(Cc3[c-]c(Cc4[c-]cccc4)ccc3)c2)ccc1. The van der Waals surface area contributed by atoms with Crippen LogP contribution in [0.4, 0.5) is 0 Å². The van der Waals surface area contributed by atoms with E-state index in [4.69, 9.17) is 0 Å². The summed E-state index contributed by atoms with van der Waals surface area (Å²) in [5.41, 5.74) is 9.40. The van der Waals surface area contributed by atoms with Crippen molar-refractivity contribution in [1.82, 2.24) is 0 Å². The van der Waals surface area contributed by atoms with Gasteiger partial charge in [0.1, 0.15) is 0 Å². The Kier molecular flexibility index (Phi) is 2250. The van der Waals surface area contributed by atoms with Gasteiger partial charge in [-0.15, -0.1) is 0 Å². The van der Waals surface area contributed by atoms with E-state index in [9.17, 15) is 0 Å². The first kappa shape index (κ1) is 567. The van der Waals surface area contributed by atoms with E-state index in [-0.39, 0.29) is 2710 Å². The van der Waals surface area contributed by atoms with Crippen molar-refractivity contribution in [1.29, 1.82) is 0 Å². The minimum Gasteiger partial charge on any atom is -0.355 e. The summed E-state index contributed by atoms with van der Waals surface area (Å²) in [6, 6.07) is 53.6. The van der Waals surface area contributed by atoms with Crippen molar-refractivity contribution in [3.8, 4) is 0 Å². The van der Waals surface area contributed by atoms with Crippen molar-refractivity contribution in [2.45, 2.75) is 81.1 Å². The second-order valence-electron chi connectivity index (χ2n) is 8.51. The topological polar surface area (TPSA) is 0 Å². The van der Waals surface area contributed by atoms with E-state index in [0.29, 0.717) is 0 Å². The summed E-state index contributed by atoms with van der Waals surface area (Å²) in [5.74, 6) is 0. The molecule has 5 aromatic carbocycles. The molecule has 0 atom stereocenters. The van der Waals surface area contributed by atoms with Gasteiger partial charge >= 0.3 is 65.4 Å². The van der Waals surface area contributed by atoms with Crippen LogP contribution in [0.15, 0.2) is 97.1 Å². The summed E-state index contributed by atoms with van der Waals surface area (Å²) in [6.07, 6.45) is 3.31. The van der Waals surface area contributed by atoms with E-state index in [2.05, 4.69) is 103 Å². The van der Waals surface area contributed by atoms with E-state index in [0.717, 1.165) is 36.8 Å². The van der Waals surface area contributed by atoms with Crippen LogP contribution in [-0.4, -0.2) is 0 Å². The molecule has 0 nitrogen and oxygen atoms in total. The Balaban J connectivity index is -0.00000000233. The van der Waals surface area contributed by atoms with Gasteiger partial charge in [-0.05, 0) is 12.8 Å². The van der Waals surface area contributed by atoms with Crippen LogP contribution < -0.4 is 0 Å². The Bertz CT molecular complexity index is 1350. The van der Waals surface area contributed by atoms with Crippen LogP contribution in [0, 0.1) is 36.4 Å². The van der Waals surface area contributed by atoms with Crippen LogP contribution >= 0.6 is 0 Å². The first-order valence-electron chi connectivity index (χ1n) is 15.6. The molecule has 0 N–H and O–H groups in total. The van der Waals surface area contributed by atoms with Gasteiger partial charge in [0.05, 0.1) is 0 Å². The predicted octanol–water partition coefficient (Wildman–Crippen LogP) is 10.7. The zero-order chi connectivity index (χ0) is 31.0. The summed E-state index contributed by atoms with van der Waals surface area (Å²) in [4.78, 5) is 0. The molecular weight excluding hydrogens is 7880 g/mol. The predicted molar refractivity (Wildman–Crippen MR) is 182 cm³/mol. The molecule has 83 heteroatoms. The number of hydrogen-bond acceptors (Lipinski definition) is 0. The van der Waals surface area contributed by atoms with Crippen molar-refractivity contribution < 1.29 is 2710 Å². The van der Waals surface area contributed by atoms with Crippen LogP contribution in [0.1, 0.15) is 99.9 Å². The summed E-state index contributed by atoms with van der Waals surface area (Å²) in [5, 5.41) is 0. The zero-order valence-electron chi connectivity index (χ0n) is 75.0. The molecule has 465 valence electrons. The quantitative estimate of drug-likeness (QED) is 0.136. The minimum absolute atomic E-state index is 0. The van der Waals surface area contributed by atoms with Gasteiger partial charge in [-0.2, -0.15) is 143 Å². The fourth-order valence-electron chi connectivity index (χ4n) is 4.17. The normalized spacial score (nSPS) is 3.14. The van der Waals surface area contributed by atoms with Gasteiger partial charge in [0.15, 0.2) is 0 Å². The molecule has 0 amide bonds. The molecule has 0 bridgehead atoms. The van der Waals surface area contributed by atoms with E-state index in [1.165, 1.54) is 33.4 Å². The Morgan fingerprint density at radius 3 is 0.360 bits per heavy atom. The fourth-order valence-corrected chi connectivity index (χ4v) is 4.17. The Labute approximate surface area is 2860 Å². The van der Waals surface area contributed by atoms with E-state index >= 15 is 0 Å². The van der Waals surface area contributed by atoms with Crippen molar-refractivity contribution in [2.24, 2.45) is 0 Å². The second-order valence-corrected chi connectivity index (χ2v) is 8.51. The molecule has 0 aromatic heterocycles. The van der Waals surface area contributed by atoms with Gasteiger partial charge in [-0.3, -0.25) is 17.2 Å². The maximum absolute atomic E-state index is 3.58. The van der Waals surface area contributed by atoms with Crippen LogP contribution in [0.3, 0.4) is 0 Å². The van der Waals surface area contributed by atoms with Crippen molar-refractivity contribution in [3.63, 3.8) is 0 Å². The molecule has 0 heterocycles. The summed E-state index contributed by atoms with van der Waals surface area (Å²) < 4.78 is 0. The summed E-state index contributed by atoms with van der Waals surface area (Å²) in [7, 11) is 0. The van der Waals surface area contributed by atoms with Gasteiger partial charge < -0.3 is 18.2 Å².